The molecule has 1 rings (SSSR count). The number of halogens is 1. The van der Waals surface area contributed by atoms with Gasteiger partial charge in [-0.2, -0.15) is 0 Å². The minimum absolute atomic E-state index is 0.00839. The van der Waals surface area contributed by atoms with Crippen molar-refractivity contribution in [2.24, 2.45) is 0 Å². The van der Waals surface area contributed by atoms with Crippen molar-refractivity contribution < 1.29 is 4.79 Å². The van der Waals surface area contributed by atoms with Gasteiger partial charge in [0.15, 0.2) is 0 Å². The maximum Gasteiger partial charge on any atom is 0.221 e. The van der Waals surface area contributed by atoms with Gasteiger partial charge in [0.1, 0.15) is 0 Å². The number of carbonyl (C=O) groups excluding carboxylic acids is 1. The molecule has 0 aromatic carbocycles. The van der Waals surface area contributed by atoms with E-state index in [2.05, 4.69) is 10.3 Å². The normalized spacial score (nSPS) is 9.79. The molecule has 14 heavy (non-hydrogen) atoms. The van der Waals surface area contributed by atoms with Crippen LogP contribution in [0.3, 0.4) is 0 Å². The highest BCUT2D eigenvalue weighted by atomic mass is 35.5. The molecule has 76 valence electrons. The minimum Gasteiger partial charge on any atom is -0.356 e. The molecule has 0 spiro atoms. The molecule has 1 N–H and O–H groups in total. The Morgan fingerprint density at radius 2 is 2.14 bits per heavy atom. The molecular weight excluding hydrogens is 200 g/mol. The number of pyridine rings is 1. The van der Waals surface area contributed by atoms with Crippen molar-refractivity contribution in [3.63, 3.8) is 0 Å². The highest BCUT2D eigenvalue weighted by molar-refractivity contribution is 6.18. The number of aromatic nitrogens is 1. The summed E-state index contributed by atoms with van der Waals surface area (Å²) in [7, 11) is 0. The number of alkyl halides is 1. The van der Waals surface area contributed by atoms with Gasteiger partial charge in [-0.1, -0.05) is 0 Å². The topological polar surface area (TPSA) is 42.0 Å². The number of hydrogen-bond acceptors (Lipinski definition) is 2. The van der Waals surface area contributed by atoms with Crippen LogP contribution in [0.2, 0.25) is 0 Å². The molecule has 0 bridgehead atoms. The van der Waals surface area contributed by atoms with Gasteiger partial charge in [-0.05, 0) is 24.1 Å². The Kier molecular flexibility index (Phi) is 5.00. The monoisotopic (exact) mass is 212 g/mol. The molecule has 1 heterocycles. The SMILES string of the molecule is O=C(CCCl)NCCc1ccncc1. The van der Waals surface area contributed by atoms with Crippen LogP contribution < -0.4 is 5.32 Å². The van der Waals surface area contributed by atoms with E-state index in [1.807, 2.05) is 12.1 Å². The van der Waals surface area contributed by atoms with Crippen LogP contribution in [-0.4, -0.2) is 23.3 Å². The molecule has 0 unspecified atom stereocenters. The van der Waals surface area contributed by atoms with Crippen molar-refractivity contribution in [1.29, 1.82) is 0 Å². The van der Waals surface area contributed by atoms with Gasteiger partial charge in [0, 0.05) is 31.2 Å². The molecule has 0 saturated heterocycles. The van der Waals surface area contributed by atoms with Crippen LogP contribution in [0.4, 0.5) is 0 Å². The van der Waals surface area contributed by atoms with Crippen molar-refractivity contribution in [3.05, 3.63) is 30.1 Å². The molecule has 0 aliphatic carbocycles. The summed E-state index contributed by atoms with van der Waals surface area (Å²) in [5.41, 5.74) is 1.17. The third-order valence-corrected chi connectivity index (χ3v) is 2.00. The Morgan fingerprint density at radius 3 is 2.79 bits per heavy atom. The molecule has 0 aliphatic heterocycles. The lowest BCUT2D eigenvalue weighted by Crippen LogP contribution is -2.25. The fourth-order valence-corrected chi connectivity index (χ4v) is 1.24. The zero-order valence-electron chi connectivity index (χ0n) is 7.87. The first-order valence-electron chi connectivity index (χ1n) is 4.54. The van der Waals surface area contributed by atoms with Gasteiger partial charge in [-0.25, -0.2) is 0 Å². The number of rotatable bonds is 5. The number of nitrogens with zero attached hydrogens (tertiary/aromatic N) is 1. The van der Waals surface area contributed by atoms with Crippen molar-refractivity contribution in [2.75, 3.05) is 12.4 Å². The Balaban J connectivity index is 2.19. The molecule has 0 saturated carbocycles. The minimum atomic E-state index is 0.00839. The van der Waals surface area contributed by atoms with Crippen molar-refractivity contribution in [1.82, 2.24) is 10.3 Å². The summed E-state index contributed by atoms with van der Waals surface area (Å²) >= 11 is 5.42. The molecule has 0 atom stereocenters. The average Bonchev–Trinajstić information content (AvgIpc) is 2.20. The fourth-order valence-electron chi connectivity index (χ4n) is 1.07. The first-order chi connectivity index (χ1) is 6.83. The molecule has 0 fully saturated rings. The standard InChI is InChI=1S/C10H13ClN2O/c11-5-1-10(14)13-8-4-9-2-6-12-7-3-9/h2-3,6-7H,1,4-5,8H2,(H,13,14). The van der Waals surface area contributed by atoms with E-state index < -0.39 is 0 Å². The second kappa shape index (κ2) is 6.38. The highest BCUT2D eigenvalue weighted by Gasteiger charge is 1.98. The zero-order chi connectivity index (χ0) is 10.2. The number of nitrogens with one attached hydrogen (secondary N) is 1. The Labute approximate surface area is 88.5 Å². The summed E-state index contributed by atoms with van der Waals surface area (Å²) in [4.78, 5) is 14.9. The van der Waals surface area contributed by atoms with Crippen molar-refractivity contribution in [2.45, 2.75) is 12.8 Å². The number of carbonyl (C=O) groups is 1. The van der Waals surface area contributed by atoms with Crippen molar-refractivity contribution in [3.8, 4) is 0 Å². The van der Waals surface area contributed by atoms with Crippen LogP contribution in [0.15, 0.2) is 24.5 Å². The van der Waals surface area contributed by atoms with E-state index in [0.29, 0.717) is 18.8 Å². The Hall–Kier alpha value is -1.09. The van der Waals surface area contributed by atoms with Gasteiger partial charge < -0.3 is 5.32 Å². The predicted octanol–water partition coefficient (Wildman–Crippen LogP) is 1.37. The van der Waals surface area contributed by atoms with Gasteiger partial charge in [0.2, 0.25) is 5.91 Å². The molecule has 1 aromatic heterocycles. The fraction of sp³-hybridized carbons (Fsp3) is 0.400. The maximum absolute atomic E-state index is 11.0. The molecule has 0 aliphatic rings. The Morgan fingerprint density at radius 1 is 1.43 bits per heavy atom. The van der Waals surface area contributed by atoms with Gasteiger partial charge >= 0.3 is 0 Å². The quantitative estimate of drug-likeness (QED) is 0.750. The lowest BCUT2D eigenvalue weighted by atomic mass is 10.2. The summed E-state index contributed by atoms with van der Waals surface area (Å²) in [6.07, 6.45) is 4.71. The number of hydrogen-bond donors (Lipinski definition) is 1. The van der Waals surface area contributed by atoms with E-state index >= 15 is 0 Å². The zero-order valence-corrected chi connectivity index (χ0v) is 8.63. The lowest BCUT2D eigenvalue weighted by Gasteiger charge is -2.03. The summed E-state index contributed by atoms with van der Waals surface area (Å²) < 4.78 is 0. The van der Waals surface area contributed by atoms with E-state index in [0.717, 1.165) is 6.42 Å². The van der Waals surface area contributed by atoms with E-state index in [4.69, 9.17) is 11.6 Å². The first kappa shape index (κ1) is 11.0. The average molecular weight is 213 g/mol. The van der Waals surface area contributed by atoms with Crippen LogP contribution in [-0.2, 0) is 11.2 Å². The molecule has 4 heteroatoms. The van der Waals surface area contributed by atoms with Gasteiger partial charge in [-0.3, -0.25) is 9.78 Å². The molecule has 1 aromatic rings. The predicted molar refractivity (Wildman–Crippen MR) is 56.3 cm³/mol. The molecule has 0 radical (unpaired) electrons. The summed E-state index contributed by atoms with van der Waals surface area (Å²) in [6, 6.07) is 3.88. The van der Waals surface area contributed by atoms with Gasteiger partial charge in [0.05, 0.1) is 0 Å². The van der Waals surface area contributed by atoms with Crippen LogP contribution >= 0.6 is 11.6 Å². The molecule has 3 nitrogen and oxygen atoms in total. The summed E-state index contributed by atoms with van der Waals surface area (Å²) in [5.74, 6) is 0.384. The van der Waals surface area contributed by atoms with Gasteiger partial charge in [-0.15, -0.1) is 11.6 Å². The first-order valence-corrected chi connectivity index (χ1v) is 5.08. The van der Waals surface area contributed by atoms with Crippen molar-refractivity contribution >= 4 is 17.5 Å². The second-order valence-electron chi connectivity index (χ2n) is 2.89. The second-order valence-corrected chi connectivity index (χ2v) is 3.27. The largest absolute Gasteiger partial charge is 0.356 e. The third kappa shape index (κ3) is 4.23. The van der Waals surface area contributed by atoms with Crippen LogP contribution in [0, 0.1) is 0 Å². The Bertz CT molecular complexity index is 277. The van der Waals surface area contributed by atoms with E-state index in [1.54, 1.807) is 12.4 Å². The van der Waals surface area contributed by atoms with E-state index in [9.17, 15) is 4.79 Å². The number of amides is 1. The van der Waals surface area contributed by atoms with Crippen LogP contribution in [0.1, 0.15) is 12.0 Å². The third-order valence-electron chi connectivity index (χ3n) is 1.81. The maximum atomic E-state index is 11.0. The molecule has 1 amide bonds. The summed E-state index contributed by atoms with van der Waals surface area (Å²) in [5, 5.41) is 2.79. The molecular formula is C10H13ClN2O. The highest BCUT2D eigenvalue weighted by Crippen LogP contribution is 1.96. The van der Waals surface area contributed by atoms with Gasteiger partial charge in [0.25, 0.3) is 0 Å². The van der Waals surface area contributed by atoms with Crippen LogP contribution in [0.5, 0.6) is 0 Å². The lowest BCUT2D eigenvalue weighted by molar-refractivity contribution is -0.120. The van der Waals surface area contributed by atoms with E-state index in [1.165, 1.54) is 5.56 Å². The van der Waals surface area contributed by atoms with Crippen LogP contribution in [0.25, 0.3) is 0 Å². The summed E-state index contributed by atoms with van der Waals surface area (Å²) in [6.45, 7) is 0.653. The smallest absolute Gasteiger partial charge is 0.221 e. The van der Waals surface area contributed by atoms with E-state index in [-0.39, 0.29) is 5.91 Å².